The molecule has 3 aromatic rings. The third-order valence-electron chi connectivity index (χ3n) is 5.66. The van der Waals surface area contributed by atoms with Gasteiger partial charge in [-0.2, -0.15) is 0 Å². The van der Waals surface area contributed by atoms with Crippen molar-refractivity contribution in [3.8, 4) is 5.69 Å². The minimum Gasteiger partial charge on any atom is -0.339 e. The molecule has 0 bridgehead atoms. The van der Waals surface area contributed by atoms with Crippen LogP contribution in [0.25, 0.3) is 16.6 Å². The lowest BCUT2D eigenvalue weighted by molar-refractivity contribution is -0.131. The topological polar surface area (TPSA) is 55.2 Å². The number of aromatic nitrogens is 2. The first kappa shape index (κ1) is 20.7. The number of para-hydroxylation sites is 1. The van der Waals surface area contributed by atoms with Crippen LogP contribution in [0, 0.1) is 13.8 Å². The molecule has 1 aliphatic heterocycles. The maximum absolute atomic E-state index is 13.4. The quantitative estimate of drug-likeness (QED) is 0.460. The van der Waals surface area contributed by atoms with Crippen molar-refractivity contribution in [3.63, 3.8) is 0 Å². The summed E-state index contributed by atoms with van der Waals surface area (Å²) in [6.45, 7) is 6.96. The molecule has 5 nitrogen and oxygen atoms in total. The number of hydrogen-bond acceptors (Lipinski definition) is 4. The summed E-state index contributed by atoms with van der Waals surface area (Å²) in [7, 11) is 0. The van der Waals surface area contributed by atoms with Gasteiger partial charge in [-0.15, -0.1) is 0 Å². The number of carbonyl (C=O) groups is 1. The van der Waals surface area contributed by atoms with Gasteiger partial charge in [-0.3, -0.25) is 14.2 Å². The van der Waals surface area contributed by atoms with Crippen LogP contribution >= 0.6 is 11.8 Å². The smallest absolute Gasteiger partial charge is 0.266 e. The number of fused-ring (bicyclic) bond motifs is 1. The highest BCUT2D eigenvalue weighted by molar-refractivity contribution is 7.99. The number of hydrogen-bond donors (Lipinski definition) is 0. The molecule has 0 saturated carbocycles. The van der Waals surface area contributed by atoms with E-state index in [0.717, 1.165) is 36.2 Å². The predicted octanol–water partition coefficient (Wildman–Crippen LogP) is 4.50. The van der Waals surface area contributed by atoms with E-state index < -0.39 is 0 Å². The lowest BCUT2D eigenvalue weighted by Crippen LogP contribution is -2.43. The number of thioether (sulfide) groups is 1. The number of nitrogens with zero attached hydrogens (tertiary/aromatic N) is 3. The number of benzene rings is 2. The third-order valence-corrected chi connectivity index (χ3v) is 6.58. The van der Waals surface area contributed by atoms with Gasteiger partial charge in [0, 0.05) is 12.6 Å². The Morgan fingerprint density at radius 2 is 1.87 bits per heavy atom. The zero-order chi connectivity index (χ0) is 21.3. The highest BCUT2D eigenvalue weighted by Crippen LogP contribution is 2.24. The molecule has 1 atom stereocenters. The van der Waals surface area contributed by atoms with Gasteiger partial charge in [-0.05, 0) is 75.4 Å². The predicted molar refractivity (Wildman–Crippen MR) is 123 cm³/mol. The highest BCUT2D eigenvalue weighted by atomic mass is 32.2. The van der Waals surface area contributed by atoms with E-state index in [9.17, 15) is 9.59 Å². The van der Waals surface area contributed by atoms with Crippen LogP contribution < -0.4 is 5.56 Å². The number of carbonyl (C=O) groups excluding carboxylic acids is 1. The summed E-state index contributed by atoms with van der Waals surface area (Å²) in [5, 5.41) is 1.14. The van der Waals surface area contributed by atoms with E-state index in [0.29, 0.717) is 16.1 Å². The van der Waals surface area contributed by atoms with E-state index >= 15 is 0 Å². The van der Waals surface area contributed by atoms with Crippen LogP contribution in [-0.4, -0.2) is 38.7 Å². The third kappa shape index (κ3) is 4.15. The first-order valence-corrected chi connectivity index (χ1v) is 11.5. The van der Waals surface area contributed by atoms with E-state index in [1.165, 1.54) is 18.2 Å². The Bertz CT molecular complexity index is 1130. The van der Waals surface area contributed by atoms with Gasteiger partial charge < -0.3 is 4.90 Å². The lowest BCUT2D eigenvalue weighted by atomic mass is 10.0. The molecule has 2 heterocycles. The molecule has 1 amide bonds. The fourth-order valence-electron chi connectivity index (χ4n) is 4.19. The minimum atomic E-state index is -0.105. The van der Waals surface area contributed by atoms with Gasteiger partial charge >= 0.3 is 0 Å². The molecule has 1 fully saturated rings. The van der Waals surface area contributed by atoms with Gasteiger partial charge in [0.25, 0.3) is 5.56 Å². The van der Waals surface area contributed by atoms with E-state index in [1.54, 1.807) is 10.6 Å². The normalized spacial score (nSPS) is 16.8. The number of likely N-dealkylation sites (tertiary alicyclic amines) is 1. The van der Waals surface area contributed by atoms with Crippen molar-refractivity contribution in [2.75, 3.05) is 12.3 Å². The summed E-state index contributed by atoms with van der Waals surface area (Å²) in [5.41, 5.74) is 3.51. The molecular formula is C24H27N3O2S. The van der Waals surface area contributed by atoms with Crippen LogP contribution in [0.3, 0.4) is 0 Å². The second kappa shape index (κ2) is 8.64. The average molecular weight is 422 g/mol. The van der Waals surface area contributed by atoms with Crippen molar-refractivity contribution >= 4 is 28.6 Å². The second-order valence-corrected chi connectivity index (χ2v) is 9.06. The molecule has 4 rings (SSSR count). The zero-order valence-electron chi connectivity index (χ0n) is 17.7. The van der Waals surface area contributed by atoms with E-state index in [4.69, 9.17) is 4.98 Å². The van der Waals surface area contributed by atoms with E-state index in [2.05, 4.69) is 13.0 Å². The lowest BCUT2D eigenvalue weighted by Gasteiger charge is -2.33. The van der Waals surface area contributed by atoms with Crippen molar-refractivity contribution < 1.29 is 4.79 Å². The van der Waals surface area contributed by atoms with Gasteiger partial charge in [-0.1, -0.05) is 30.0 Å². The van der Waals surface area contributed by atoms with E-state index in [1.807, 2.05) is 49.1 Å². The maximum atomic E-state index is 13.4. The summed E-state index contributed by atoms with van der Waals surface area (Å²) in [4.78, 5) is 33.0. The van der Waals surface area contributed by atoms with Crippen LogP contribution in [0.5, 0.6) is 0 Å². The molecule has 0 radical (unpaired) electrons. The maximum Gasteiger partial charge on any atom is 0.266 e. The minimum absolute atomic E-state index is 0.105. The summed E-state index contributed by atoms with van der Waals surface area (Å²) < 4.78 is 1.65. The number of piperidine rings is 1. The molecule has 0 spiro atoms. The first-order chi connectivity index (χ1) is 14.4. The van der Waals surface area contributed by atoms with Gasteiger partial charge in [0.15, 0.2) is 5.16 Å². The Morgan fingerprint density at radius 1 is 1.13 bits per heavy atom. The summed E-state index contributed by atoms with van der Waals surface area (Å²) >= 11 is 1.35. The Labute approximate surface area is 181 Å². The Morgan fingerprint density at radius 3 is 2.60 bits per heavy atom. The number of amides is 1. The molecule has 2 aromatic carbocycles. The molecule has 1 aliphatic rings. The molecule has 156 valence electrons. The van der Waals surface area contributed by atoms with Gasteiger partial charge in [0.2, 0.25) is 5.91 Å². The largest absolute Gasteiger partial charge is 0.339 e. The average Bonchev–Trinajstić information content (AvgIpc) is 2.71. The molecular weight excluding hydrogens is 394 g/mol. The zero-order valence-corrected chi connectivity index (χ0v) is 18.5. The van der Waals surface area contributed by atoms with Gasteiger partial charge in [-0.25, -0.2) is 4.98 Å². The summed E-state index contributed by atoms with van der Waals surface area (Å²) in [6.07, 6.45) is 3.29. The van der Waals surface area contributed by atoms with Crippen LogP contribution in [0.1, 0.15) is 37.3 Å². The van der Waals surface area contributed by atoms with Crippen molar-refractivity contribution in [1.29, 1.82) is 0 Å². The van der Waals surface area contributed by atoms with Crippen LogP contribution in [0.15, 0.2) is 52.4 Å². The van der Waals surface area contributed by atoms with Crippen LogP contribution in [-0.2, 0) is 4.79 Å². The monoisotopic (exact) mass is 421 g/mol. The van der Waals surface area contributed by atoms with Crippen LogP contribution in [0.4, 0.5) is 0 Å². The van der Waals surface area contributed by atoms with Crippen molar-refractivity contribution in [2.45, 2.75) is 51.2 Å². The van der Waals surface area contributed by atoms with Crippen molar-refractivity contribution in [3.05, 3.63) is 63.9 Å². The molecule has 0 aliphatic carbocycles. The van der Waals surface area contributed by atoms with Gasteiger partial charge in [0.05, 0.1) is 22.3 Å². The molecule has 1 aromatic heterocycles. The van der Waals surface area contributed by atoms with Crippen molar-refractivity contribution in [2.24, 2.45) is 0 Å². The summed E-state index contributed by atoms with van der Waals surface area (Å²) in [6, 6.07) is 13.7. The van der Waals surface area contributed by atoms with Gasteiger partial charge in [0.1, 0.15) is 0 Å². The SMILES string of the molecule is Cc1cc(C)cc(-n2c(SCC(=O)N3CCCC[C@H]3C)nc3ccccc3c2=O)c1. The number of rotatable bonds is 4. The number of aryl methyl sites for hydroxylation is 2. The molecule has 0 N–H and O–H groups in total. The standard InChI is InChI=1S/C24H27N3O2S/c1-16-12-17(2)14-19(13-16)27-23(29)20-9-4-5-10-21(20)25-24(27)30-15-22(28)26-11-7-6-8-18(26)3/h4-5,9-10,12-14,18H,6-8,11,15H2,1-3H3/t18-/m1/s1. The molecule has 1 saturated heterocycles. The second-order valence-electron chi connectivity index (χ2n) is 8.12. The molecule has 6 heteroatoms. The molecule has 0 unspecified atom stereocenters. The fourth-order valence-corrected chi connectivity index (χ4v) is 5.09. The Kier molecular flexibility index (Phi) is 5.95. The summed E-state index contributed by atoms with van der Waals surface area (Å²) in [5.74, 6) is 0.390. The Balaban J connectivity index is 1.74. The molecule has 30 heavy (non-hydrogen) atoms. The first-order valence-electron chi connectivity index (χ1n) is 10.5. The Hall–Kier alpha value is -2.60. The fraction of sp³-hybridized carbons (Fsp3) is 0.375. The highest BCUT2D eigenvalue weighted by Gasteiger charge is 2.24. The van der Waals surface area contributed by atoms with Crippen LogP contribution in [0.2, 0.25) is 0 Å². The van der Waals surface area contributed by atoms with Crippen molar-refractivity contribution in [1.82, 2.24) is 14.5 Å². The van der Waals surface area contributed by atoms with E-state index in [-0.39, 0.29) is 23.3 Å².